The molecule has 0 spiro atoms. The smallest absolute Gasteiger partial charge is 0.309 e. The molecule has 2 N–H and O–H groups in total. The van der Waals surface area contributed by atoms with Crippen molar-refractivity contribution >= 4 is 23.4 Å². The van der Waals surface area contributed by atoms with Crippen LogP contribution in [0.3, 0.4) is 0 Å². The van der Waals surface area contributed by atoms with Crippen LogP contribution >= 0.6 is 0 Å². The van der Waals surface area contributed by atoms with Gasteiger partial charge in [0.15, 0.2) is 17.3 Å². The number of piperidine rings is 1. The van der Waals surface area contributed by atoms with E-state index in [2.05, 4.69) is 15.2 Å². The standard InChI is InChI=1S/C33H37N5O4/c1-4-41-27-14-5-6-15-28(27)42-25-12-9-17-38(22-25)31-21-34-20-30(37-31)36-29-16-8-13-26(35-29)24-11-7-10-23(18-24)19-33(2,3)32(39)40/h5-8,10-11,13-16,18,20-21,25H,4,9,12,17,19,22H2,1-3H3,(H,39,40)(H,35,36,37). The molecule has 9 nitrogen and oxygen atoms in total. The third-order valence-electron chi connectivity index (χ3n) is 7.22. The number of benzene rings is 2. The fourth-order valence-corrected chi connectivity index (χ4v) is 5.04. The molecular weight excluding hydrogens is 530 g/mol. The number of aliphatic carboxylic acids is 1. The quantitative estimate of drug-likeness (QED) is 0.213. The van der Waals surface area contributed by atoms with Crippen LogP contribution < -0.4 is 19.7 Å². The van der Waals surface area contributed by atoms with Crippen LogP contribution in [-0.4, -0.2) is 51.8 Å². The first kappa shape index (κ1) is 28.9. The highest BCUT2D eigenvalue weighted by Gasteiger charge is 2.27. The zero-order chi connectivity index (χ0) is 29.5. The highest BCUT2D eigenvalue weighted by Crippen LogP contribution is 2.30. The third-order valence-corrected chi connectivity index (χ3v) is 7.22. The lowest BCUT2D eigenvalue weighted by molar-refractivity contribution is -0.146. The Bertz CT molecular complexity index is 1530. The minimum Gasteiger partial charge on any atom is -0.490 e. The van der Waals surface area contributed by atoms with Gasteiger partial charge in [-0.3, -0.25) is 9.78 Å². The number of carbonyl (C=O) groups is 1. The zero-order valence-corrected chi connectivity index (χ0v) is 24.3. The number of pyridine rings is 1. The summed E-state index contributed by atoms with van der Waals surface area (Å²) in [6, 6.07) is 21.4. The van der Waals surface area contributed by atoms with E-state index in [1.54, 1.807) is 26.2 Å². The van der Waals surface area contributed by atoms with Gasteiger partial charge in [-0.2, -0.15) is 0 Å². The molecule has 0 aliphatic carbocycles. The summed E-state index contributed by atoms with van der Waals surface area (Å²) < 4.78 is 12.1. The summed E-state index contributed by atoms with van der Waals surface area (Å²) in [4.78, 5) is 27.9. The number of nitrogens with one attached hydrogen (secondary N) is 1. The minimum atomic E-state index is -0.854. The van der Waals surface area contributed by atoms with Crippen LogP contribution in [0.15, 0.2) is 79.1 Å². The molecule has 218 valence electrons. The number of rotatable bonds is 11. The van der Waals surface area contributed by atoms with Crippen molar-refractivity contribution in [2.24, 2.45) is 5.41 Å². The highest BCUT2D eigenvalue weighted by atomic mass is 16.5. The topological polar surface area (TPSA) is 110 Å². The van der Waals surface area contributed by atoms with E-state index in [-0.39, 0.29) is 6.10 Å². The summed E-state index contributed by atoms with van der Waals surface area (Å²) in [7, 11) is 0. The fourth-order valence-electron chi connectivity index (χ4n) is 5.04. The van der Waals surface area contributed by atoms with Crippen LogP contribution in [0.25, 0.3) is 11.3 Å². The molecule has 2 aromatic carbocycles. The molecule has 1 aliphatic rings. The van der Waals surface area contributed by atoms with Gasteiger partial charge in [-0.05, 0) is 75.9 Å². The first-order chi connectivity index (χ1) is 20.3. The van der Waals surface area contributed by atoms with E-state index in [0.29, 0.717) is 31.2 Å². The maximum atomic E-state index is 11.6. The first-order valence-corrected chi connectivity index (χ1v) is 14.3. The van der Waals surface area contributed by atoms with E-state index in [9.17, 15) is 9.90 Å². The molecule has 0 radical (unpaired) electrons. The largest absolute Gasteiger partial charge is 0.490 e. The number of aromatic nitrogens is 3. The Morgan fingerprint density at radius 3 is 2.64 bits per heavy atom. The molecule has 2 aromatic heterocycles. The lowest BCUT2D eigenvalue weighted by Crippen LogP contribution is -2.41. The molecule has 1 unspecified atom stereocenters. The van der Waals surface area contributed by atoms with Crippen molar-refractivity contribution < 1.29 is 19.4 Å². The molecule has 9 heteroatoms. The van der Waals surface area contributed by atoms with E-state index < -0.39 is 11.4 Å². The van der Waals surface area contributed by atoms with Crippen LogP contribution in [0.1, 0.15) is 39.2 Å². The molecule has 1 saturated heterocycles. The highest BCUT2D eigenvalue weighted by molar-refractivity contribution is 5.74. The number of nitrogens with zero attached hydrogens (tertiary/aromatic N) is 4. The van der Waals surface area contributed by atoms with Gasteiger partial charge in [0.1, 0.15) is 17.7 Å². The number of hydrogen-bond acceptors (Lipinski definition) is 8. The van der Waals surface area contributed by atoms with E-state index in [1.165, 1.54) is 0 Å². The van der Waals surface area contributed by atoms with Crippen molar-refractivity contribution in [3.8, 4) is 22.8 Å². The van der Waals surface area contributed by atoms with Gasteiger partial charge in [0, 0.05) is 12.1 Å². The Morgan fingerprint density at radius 1 is 1.02 bits per heavy atom. The van der Waals surface area contributed by atoms with Crippen molar-refractivity contribution in [2.45, 2.75) is 46.1 Å². The van der Waals surface area contributed by atoms with Gasteiger partial charge in [-0.1, -0.05) is 36.4 Å². The van der Waals surface area contributed by atoms with Crippen LogP contribution in [0, 0.1) is 5.41 Å². The van der Waals surface area contributed by atoms with Crippen molar-refractivity contribution in [1.82, 2.24) is 15.0 Å². The van der Waals surface area contributed by atoms with Gasteiger partial charge in [-0.25, -0.2) is 9.97 Å². The van der Waals surface area contributed by atoms with Gasteiger partial charge in [0.05, 0.1) is 36.7 Å². The van der Waals surface area contributed by atoms with E-state index in [0.717, 1.165) is 53.5 Å². The minimum absolute atomic E-state index is 0.00829. The lowest BCUT2D eigenvalue weighted by Gasteiger charge is -2.33. The Kier molecular flexibility index (Phi) is 8.85. The Labute approximate surface area is 246 Å². The third kappa shape index (κ3) is 7.15. The summed E-state index contributed by atoms with van der Waals surface area (Å²) in [6.45, 7) is 7.59. The molecule has 1 fully saturated rings. The molecule has 0 amide bonds. The number of hydrogen-bond donors (Lipinski definition) is 2. The van der Waals surface area contributed by atoms with Crippen molar-refractivity contribution in [3.63, 3.8) is 0 Å². The van der Waals surface area contributed by atoms with Crippen LogP contribution in [0.5, 0.6) is 11.5 Å². The Hall–Kier alpha value is -4.66. The molecule has 5 rings (SSSR count). The normalized spacial score (nSPS) is 15.2. The second-order valence-corrected chi connectivity index (χ2v) is 11.1. The van der Waals surface area contributed by atoms with Crippen molar-refractivity contribution in [3.05, 3.63) is 84.7 Å². The number of ether oxygens (including phenoxy) is 2. The number of carboxylic acid groups (broad SMARTS) is 1. The van der Waals surface area contributed by atoms with Gasteiger partial charge in [0.25, 0.3) is 0 Å². The number of anilines is 3. The molecule has 1 atom stereocenters. The predicted molar refractivity (Wildman–Crippen MR) is 164 cm³/mol. The predicted octanol–water partition coefficient (Wildman–Crippen LogP) is 6.38. The van der Waals surface area contributed by atoms with Gasteiger partial charge < -0.3 is 24.8 Å². The summed E-state index contributed by atoms with van der Waals surface area (Å²) in [5, 5.41) is 12.8. The molecule has 0 bridgehead atoms. The molecule has 0 saturated carbocycles. The second kappa shape index (κ2) is 12.9. The molecular formula is C33H37N5O4. The fraction of sp³-hybridized carbons (Fsp3) is 0.333. The summed E-state index contributed by atoms with van der Waals surface area (Å²) in [5.74, 6) is 2.71. The van der Waals surface area contributed by atoms with E-state index in [1.807, 2.05) is 73.7 Å². The van der Waals surface area contributed by atoms with Crippen LogP contribution in [0.4, 0.5) is 17.5 Å². The SMILES string of the molecule is CCOc1ccccc1OC1CCCN(c2cncc(Nc3cccc(-c4cccc(CC(C)(C)C(=O)O)c4)n3)n2)C1. The van der Waals surface area contributed by atoms with Gasteiger partial charge in [0.2, 0.25) is 0 Å². The average molecular weight is 568 g/mol. The van der Waals surface area contributed by atoms with Gasteiger partial charge in [-0.15, -0.1) is 0 Å². The van der Waals surface area contributed by atoms with E-state index in [4.69, 9.17) is 19.4 Å². The summed E-state index contributed by atoms with van der Waals surface area (Å²) >= 11 is 0. The molecule has 42 heavy (non-hydrogen) atoms. The Balaban J connectivity index is 1.27. The van der Waals surface area contributed by atoms with Crippen molar-refractivity contribution in [2.75, 3.05) is 29.9 Å². The number of para-hydroxylation sites is 2. The maximum absolute atomic E-state index is 11.6. The maximum Gasteiger partial charge on any atom is 0.309 e. The van der Waals surface area contributed by atoms with Crippen LogP contribution in [0.2, 0.25) is 0 Å². The number of carboxylic acids is 1. The molecule has 1 aliphatic heterocycles. The summed E-state index contributed by atoms with van der Waals surface area (Å²) in [5.41, 5.74) is 1.79. The average Bonchev–Trinajstić information content (AvgIpc) is 2.99. The van der Waals surface area contributed by atoms with Gasteiger partial charge >= 0.3 is 5.97 Å². The molecule has 3 heterocycles. The lowest BCUT2D eigenvalue weighted by atomic mass is 9.85. The van der Waals surface area contributed by atoms with Crippen LogP contribution in [-0.2, 0) is 11.2 Å². The Morgan fingerprint density at radius 2 is 1.83 bits per heavy atom. The second-order valence-electron chi connectivity index (χ2n) is 11.1. The molecule has 4 aromatic rings. The summed E-state index contributed by atoms with van der Waals surface area (Å²) in [6.07, 6.45) is 5.83. The van der Waals surface area contributed by atoms with Crippen molar-refractivity contribution in [1.29, 1.82) is 0 Å². The zero-order valence-electron chi connectivity index (χ0n) is 24.3. The first-order valence-electron chi connectivity index (χ1n) is 14.3. The monoisotopic (exact) mass is 567 g/mol. The van der Waals surface area contributed by atoms with E-state index >= 15 is 0 Å².